The first kappa shape index (κ1) is 18.9. The van der Waals surface area contributed by atoms with Crippen LogP contribution in [0, 0.1) is 0 Å². The summed E-state index contributed by atoms with van der Waals surface area (Å²) in [6, 6.07) is 13.8. The van der Waals surface area contributed by atoms with Gasteiger partial charge in [0.1, 0.15) is 5.75 Å². The molecule has 2 heterocycles. The van der Waals surface area contributed by atoms with Crippen LogP contribution in [0.15, 0.2) is 59.6 Å². The van der Waals surface area contributed by atoms with Crippen molar-refractivity contribution in [1.29, 1.82) is 0 Å². The highest BCUT2D eigenvalue weighted by Crippen LogP contribution is 2.27. The van der Waals surface area contributed by atoms with Crippen LogP contribution in [0.1, 0.15) is 11.3 Å². The van der Waals surface area contributed by atoms with Gasteiger partial charge in [0.15, 0.2) is 5.82 Å². The molecule has 8 heteroatoms. The molecule has 6 nitrogen and oxygen atoms in total. The number of benzene rings is 2. The van der Waals surface area contributed by atoms with Gasteiger partial charge in [-0.1, -0.05) is 17.7 Å². The molecule has 1 aliphatic heterocycles. The van der Waals surface area contributed by atoms with E-state index in [0.29, 0.717) is 29.6 Å². The molecule has 3 aromatic rings. The molecule has 0 saturated carbocycles. The Hall–Kier alpha value is -2.48. The van der Waals surface area contributed by atoms with E-state index in [-0.39, 0.29) is 11.4 Å². The van der Waals surface area contributed by atoms with Gasteiger partial charge in [0, 0.05) is 47.9 Å². The van der Waals surface area contributed by atoms with Crippen molar-refractivity contribution in [2.24, 2.45) is 0 Å². The van der Waals surface area contributed by atoms with E-state index in [9.17, 15) is 8.42 Å². The summed E-state index contributed by atoms with van der Waals surface area (Å²) >= 11 is 5.93. The molecule has 4 rings (SSSR count). The summed E-state index contributed by atoms with van der Waals surface area (Å²) in [5.41, 5.74) is 2.56. The van der Waals surface area contributed by atoms with E-state index in [4.69, 9.17) is 16.3 Å². The van der Waals surface area contributed by atoms with Crippen molar-refractivity contribution in [3.05, 3.63) is 71.0 Å². The van der Waals surface area contributed by atoms with Crippen LogP contribution in [0.25, 0.3) is 11.4 Å². The third kappa shape index (κ3) is 3.61. The van der Waals surface area contributed by atoms with Crippen molar-refractivity contribution in [1.82, 2.24) is 14.3 Å². The maximum absolute atomic E-state index is 13.0. The quantitative estimate of drug-likeness (QED) is 0.651. The van der Waals surface area contributed by atoms with Gasteiger partial charge in [-0.3, -0.25) is 0 Å². The van der Waals surface area contributed by atoms with E-state index in [1.165, 1.54) is 17.5 Å². The zero-order valence-electron chi connectivity index (χ0n) is 15.2. The number of aromatic nitrogens is 2. The summed E-state index contributed by atoms with van der Waals surface area (Å²) in [5, 5.41) is 0.653. The van der Waals surface area contributed by atoms with Crippen molar-refractivity contribution in [3.8, 4) is 17.1 Å². The molecule has 0 bridgehead atoms. The Morgan fingerprint density at radius 3 is 2.68 bits per heavy atom. The Kier molecular flexibility index (Phi) is 5.05. The number of nitrogens with zero attached hydrogens (tertiary/aromatic N) is 3. The van der Waals surface area contributed by atoms with E-state index >= 15 is 0 Å². The predicted octanol–water partition coefficient (Wildman–Crippen LogP) is 3.55. The summed E-state index contributed by atoms with van der Waals surface area (Å²) in [6.07, 6.45) is 2.24. The number of hydrogen-bond donors (Lipinski definition) is 0. The molecule has 0 N–H and O–H groups in total. The minimum atomic E-state index is -3.62. The fraction of sp³-hybridized carbons (Fsp3) is 0.200. The standard InChI is InChI=1S/C20H18ClN3O3S/c1-27-17-3-2-4-18(11-17)28(25,26)24-10-9-19-15(13-24)12-22-20(23-19)14-5-7-16(21)8-6-14/h2-8,11-12H,9-10,13H2,1H3. The zero-order valence-corrected chi connectivity index (χ0v) is 16.7. The summed E-state index contributed by atoms with van der Waals surface area (Å²) in [4.78, 5) is 9.26. The first-order valence-electron chi connectivity index (χ1n) is 8.72. The van der Waals surface area contributed by atoms with E-state index in [1.807, 2.05) is 12.1 Å². The van der Waals surface area contributed by atoms with Crippen molar-refractivity contribution in [2.45, 2.75) is 17.9 Å². The van der Waals surface area contributed by atoms with Gasteiger partial charge in [-0.2, -0.15) is 4.31 Å². The molecule has 0 unspecified atom stereocenters. The second kappa shape index (κ2) is 7.50. The van der Waals surface area contributed by atoms with Gasteiger partial charge in [-0.15, -0.1) is 0 Å². The molecule has 0 spiro atoms. The Balaban J connectivity index is 1.60. The molecule has 0 amide bonds. The van der Waals surface area contributed by atoms with Gasteiger partial charge in [-0.25, -0.2) is 18.4 Å². The lowest BCUT2D eigenvalue weighted by atomic mass is 10.1. The van der Waals surface area contributed by atoms with Crippen LogP contribution in [-0.4, -0.2) is 36.3 Å². The maximum Gasteiger partial charge on any atom is 0.243 e. The highest BCUT2D eigenvalue weighted by atomic mass is 35.5. The third-order valence-electron chi connectivity index (χ3n) is 4.68. The normalized spacial score (nSPS) is 14.5. The number of hydrogen-bond acceptors (Lipinski definition) is 5. The van der Waals surface area contributed by atoms with Crippen LogP contribution >= 0.6 is 11.6 Å². The van der Waals surface area contributed by atoms with Gasteiger partial charge < -0.3 is 4.74 Å². The molecule has 1 aliphatic rings. The summed E-state index contributed by atoms with van der Waals surface area (Å²) in [7, 11) is -2.11. The minimum absolute atomic E-state index is 0.217. The molecule has 0 aliphatic carbocycles. The van der Waals surface area contributed by atoms with Gasteiger partial charge in [0.2, 0.25) is 10.0 Å². The molecule has 1 aromatic heterocycles. The summed E-state index contributed by atoms with van der Waals surface area (Å²) in [5.74, 6) is 1.12. The molecular formula is C20H18ClN3O3S. The average molecular weight is 416 g/mol. The van der Waals surface area contributed by atoms with Crippen LogP contribution in [0.2, 0.25) is 5.02 Å². The first-order valence-corrected chi connectivity index (χ1v) is 10.5. The lowest BCUT2D eigenvalue weighted by Gasteiger charge is -2.27. The van der Waals surface area contributed by atoms with Gasteiger partial charge >= 0.3 is 0 Å². The van der Waals surface area contributed by atoms with Gasteiger partial charge in [-0.05, 0) is 36.4 Å². The Bertz CT molecular complexity index is 1120. The topological polar surface area (TPSA) is 72.4 Å². The van der Waals surface area contributed by atoms with Crippen molar-refractivity contribution >= 4 is 21.6 Å². The molecule has 28 heavy (non-hydrogen) atoms. The lowest BCUT2D eigenvalue weighted by Crippen LogP contribution is -2.36. The van der Waals surface area contributed by atoms with Gasteiger partial charge in [0.05, 0.1) is 17.7 Å². The van der Waals surface area contributed by atoms with Crippen LogP contribution in [0.5, 0.6) is 5.75 Å². The fourth-order valence-electron chi connectivity index (χ4n) is 3.14. The van der Waals surface area contributed by atoms with Crippen molar-refractivity contribution < 1.29 is 13.2 Å². The predicted molar refractivity (Wildman–Crippen MR) is 107 cm³/mol. The third-order valence-corrected chi connectivity index (χ3v) is 6.77. The van der Waals surface area contributed by atoms with Crippen LogP contribution in [0.3, 0.4) is 0 Å². The van der Waals surface area contributed by atoms with E-state index in [2.05, 4.69) is 9.97 Å². The smallest absolute Gasteiger partial charge is 0.243 e. The largest absolute Gasteiger partial charge is 0.497 e. The van der Waals surface area contributed by atoms with Crippen LogP contribution in [-0.2, 0) is 23.0 Å². The molecule has 0 radical (unpaired) electrons. The van der Waals surface area contributed by atoms with Crippen molar-refractivity contribution in [2.75, 3.05) is 13.7 Å². The lowest BCUT2D eigenvalue weighted by molar-refractivity contribution is 0.385. The first-order chi connectivity index (χ1) is 13.5. The SMILES string of the molecule is COc1cccc(S(=O)(=O)N2CCc3nc(-c4ccc(Cl)cc4)ncc3C2)c1. The molecular weight excluding hydrogens is 398 g/mol. The number of rotatable bonds is 4. The second-order valence-corrected chi connectivity index (χ2v) is 8.81. The molecule has 0 atom stereocenters. The Labute approximate surface area is 168 Å². The number of fused-ring (bicyclic) bond motifs is 1. The van der Waals surface area contributed by atoms with E-state index < -0.39 is 10.0 Å². The van der Waals surface area contributed by atoms with E-state index in [1.54, 1.807) is 36.5 Å². The fourth-order valence-corrected chi connectivity index (χ4v) is 4.72. The monoisotopic (exact) mass is 415 g/mol. The summed E-state index contributed by atoms with van der Waals surface area (Å²) in [6.45, 7) is 0.611. The second-order valence-electron chi connectivity index (χ2n) is 6.44. The molecule has 2 aromatic carbocycles. The Morgan fingerprint density at radius 1 is 1.14 bits per heavy atom. The van der Waals surface area contributed by atoms with Crippen LogP contribution in [0.4, 0.5) is 0 Å². The number of halogens is 1. The number of sulfonamides is 1. The van der Waals surface area contributed by atoms with E-state index in [0.717, 1.165) is 16.8 Å². The minimum Gasteiger partial charge on any atom is -0.497 e. The highest BCUT2D eigenvalue weighted by molar-refractivity contribution is 7.89. The molecule has 0 fully saturated rings. The number of ether oxygens (including phenoxy) is 1. The Morgan fingerprint density at radius 2 is 1.93 bits per heavy atom. The molecule has 0 saturated heterocycles. The number of methoxy groups -OCH3 is 1. The maximum atomic E-state index is 13.0. The van der Waals surface area contributed by atoms with Crippen LogP contribution < -0.4 is 4.74 Å². The molecule has 144 valence electrons. The van der Waals surface area contributed by atoms with Crippen molar-refractivity contribution in [3.63, 3.8) is 0 Å². The average Bonchev–Trinajstić information content (AvgIpc) is 2.73. The van der Waals surface area contributed by atoms with Gasteiger partial charge in [0.25, 0.3) is 0 Å². The highest BCUT2D eigenvalue weighted by Gasteiger charge is 2.29. The zero-order chi connectivity index (χ0) is 19.7. The summed E-state index contributed by atoms with van der Waals surface area (Å²) < 4.78 is 32.6.